The molecule has 0 aliphatic heterocycles. The highest BCUT2D eigenvalue weighted by Crippen LogP contribution is 2.34. The fourth-order valence-electron chi connectivity index (χ4n) is 5.79. The predicted molar refractivity (Wildman–Crippen MR) is 149 cm³/mol. The number of allylic oxidation sites excluding steroid dienone is 8. The van der Waals surface area contributed by atoms with Gasteiger partial charge < -0.3 is 0 Å². The Morgan fingerprint density at radius 2 is 1.11 bits per heavy atom. The molecule has 6 heteroatoms. The average Bonchev–Trinajstić information content (AvgIpc) is 3.43. The Morgan fingerprint density at radius 3 is 1.51 bits per heavy atom. The van der Waals surface area contributed by atoms with Crippen molar-refractivity contribution in [1.29, 1.82) is 0 Å². The van der Waals surface area contributed by atoms with Crippen LogP contribution in [0, 0.1) is 24.7 Å². The molecule has 0 bridgehead atoms. The number of rotatable bonds is 6. The molecule has 188 valence electrons. The topological polar surface area (TPSA) is 61.4 Å². The standard InChI is InChI=1S/C31H34N6/c1-22-15-24(19-30(3)11-7-5-8-12-30)17-26-28(22)34-36(32-26)21-37-33-27-18-25(16-23(2)29(27)35-37)20-31(4)13-9-6-10-14-31/h5-11,13,15-18H,12,14,19-21H2,1-4H3. The zero-order chi connectivity index (χ0) is 25.6. The van der Waals surface area contributed by atoms with E-state index in [-0.39, 0.29) is 10.8 Å². The number of hydrogen-bond acceptors (Lipinski definition) is 4. The second kappa shape index (κ2) is 8.94. The van der Waals surface area contributed by atoms with Crippen LogP contribution in [0.3, 0.4) is 0 Å². The summed E-state index contributed by atoms with van der Waals surface area (Å²) >= 11 is 0. The van der Waals surface area contributed by atoms with Gasteiger partial charge in [0.2, 0.25) is 0 Å². The van der Waals surface area contributed by atoms with Crippen LogP contribution in [0.5, 0.6) is 0 Å². The number of fused-ring (bicyclic) bond motifs is 2. The van der Waals surface area contributed by atoms with E-state index in [0.29, 0.717) is 6.67 Å². The van der Waals surface area contributed by atoms with Crippen LogP contribution in [0.15, 0.2) is 72.9 Å². The average molecular weight is 491 g/mol. The van der Waals surface area contributed by atoms with E-state index in [0.717, 1.165) is 58.9 Å². The molecule has 0 radical (unpaired) electrons. The van der Waals surface area contributed by atoms with Crippen LogP contribution in [0.2, 0.25) is 0 Å². The van der Waals surface area contributed by atoms with E-state index in [1.54, 1.807) is 9.59 Å². The molecule has 0 amide bonds. The van der Waals surface area contributed by atoms with Crippen molar-refractivity contribution in [3.05, 3.63) is 95.1 Å². The zero-order valence-corrected chi connectivity index (χ0v) is 22.1. The van der Waals surface area contributed by atoms with E-state index >= 15 is 0 Å². The minimum Gasteiger partial charge on any atom is -0.160 e. The molecule has 2 aromatic heterocycles. The first-order valence-electron chi connectivity index (χ1n) is 13.2. The van der Waals surface area contributed by atoms with Gasteiger partial charge in [-0.25, -0.2) is 0 Å². The normalized spacial score (nSPS) is 23.0. The summed E-state index contributed by atoms with van der Waals surface area (Å²) < 4.78 is 0. The molecule has 0 saturated carbocycles. The number of nitrogens with zero attached hydrogens (tertiary/aromatic N) is 6. The maximum atomic E-state index is 4.80. The number of aromatic nitrogens is 6. The van der Waals surface area contributed by atoms with E-state index in [9.17, 15) is 0 Å². The van der Waals surface area contributed by atoms with Crippen LogP contribution in [0.4, 0.5) is 0 Å². The molecule has 2 aromatic carbocycles. The summed E-state index contributed by atoms with van der Waals surface area (Å²) in [6.45, 7) is 9.24. The summed E-state index contributed by atoms with van der Waals surface area (Å²) in [7, 11) is 0. The molecule has 0 spiro atoms. The first-order chi connectivity index (χ1) is 17.8. The third-order valence-corrected chi connectivity index (χ3v) is 7.69. The van der Waals surface area contributed by atoms with Crippen molar-refractivity contribution in [2.24, 2.45) is 10.8 Å². The molecular weight excluding hydrogens is 456 g/mol. The summed E-state index contributed by atoms with van der Waals surface area (Å²) in [5, 5.41) is 19.2. The molecular formula is C31H34N6. The maximum Gasteiger partial charge on any atom is 0.172 e. The van der Waals surface area contributed by atoms with Crippen LogP contribution >= 0.6 is 0 Å². The van der Waals surface area contributed by atoms with Gasteiger partial charge in [-0.15, -0.1) is 0 Å². The molecule has 2 unspecified atom stereocenters. The number of hydrogen-bond donors (Lipinski definition) is 0. The van der Waals surface area contributed by atoms with E-state index in [4.69, 9.17) is 20.4 Å². The molecule has 6 rings (SSSR count). The van der Waals surface area contributed by atoms with Crippen LogP contribution in [0.25, 0.3) is 22.1 Å². The predicted octanol–water partition coefficient (Wildman–Crippen LogP) is 6.43. The van der Waals surface area contributed by atoms with Crippen molar-refractivity contribution in [1.82, 2.24) is 30.0 Å². The van der Waals surface area contributed by atoms with Crippen LogP contribution < -0.4 is 0 Å². The summed E-state index contributed by atoms with van der Waals surface area (Å²) in [6, 6.07) is 8.87. The highest BCUT2D eigenvalue weighted by Gasteiger charge is 2.23. The number of benzene rings is 2. The van der Waals surface area contributed by atoms with Gasteiger partial charge in [0.05, 0.1) is 0 Å². The molecule has 4 aromatic rings. The van der Waals surface area contributed by atoms with Gasteiger partial charge in [0.15, 0.2) is 6.67 Å². The van der Waals surface area contributed by atoms with Gasteiger partial charge in [0.1, 0.15) is 22.1 Å². The largest absolute Gasteiger partial charge is 0.172 e. The fourth-order valence-corrected chi connectivity index (χ4v) is 5.79. The highest BCUT2D eigenvalue weighted by molar-refractivity contribution is 5.79. The SMILES string of the molecule is Cc1cc(CC2(C)C=CC=CC2)cc2nn(Cn3nc4cc(CC5(C)C=CC=CC5)cc(C)c4n3)nc12. The Kier molecular flexibility index (Phi) is 5.70. The summed E-state index contributed by atoms with van der Waals surface area (Å²) in [5.74, 6) is 0. The van der Waals surface area contributed by atoms with Gasteiger partial charge in [-0.3, -0.25) is 0 Å². The van der Waals surface area contributed by atoms with Gasteiger partial charge in [0, 0.05) is 0 Å². The summed E-state index contributed by atoms with van der Waals surface area (Å²) in [5.41, 5.74) is 8.89. The van der Waals surface area contributed by atoms with Crippen molar-refractivity contribution in [2.45, 2.75) is 60.0 Å². The van der Waals surface area contributed by atoms with Crippen molar-refractivity contribution in [2.75, 3.05) is 0 Å². The third-order valence-electron chi connectivity index (χ3n) is 7.69. The van der Waals surface area contributed by atoms with E-state index in [1.807, 2.05) is 0 Å². The van der Waals surface area contributed by atoms with Gasteiger partial charge in [-0.1, -0.05) is 74.6 Å². The van der Waals surface area contributed by atoms with E-state index in [2.05, 4.69) is 101 Å². The molecule has 2 heterocycles. The third kappa shape index (κ3) is 4.80. The Labute approximate surface area is 218 Å². The Balaban J connectivity index is 1.25. The molecule has 0 saturated heterocycles. The Bertz CT molecular complexity index is 1490. The van der Waals surface area contributed by atoms with Gasteiger partial charge >= 0.3 is 0 Å². The molecule has 0 N–H and O–H groups in total. The van der Waals surface area contributed by atoms with Crippen LogP contribution in [-0.2, 0) is 19.5 Å². The lowest BCUT2D eigenvalue weighted by Gasteiger charge is -2.26. The van der Waals surface area contributed by atoms with Crippen molar-refractivity contribution in [3.8, 4) is 0 Å². The minimum absolute atomic E-state index is 0.141. The van der Waals surface area contributed by atoms with Crippen LogP contribution in [0.1, 0.15) is 48.9 Å². The van der Waals surface area contributed by atoms with Crippen molar-refractivity contribution in [3.63, 3.8) is 0 Å². The quantitative estimate of drug-likeness (QED) is 0.313. The lowest BCUT2D eigenvalue weighted by molar-refractivity contribution is 0.420. The molecule has 37 heavy (non-hydrogen) atoms. The number of aryl methyl sites for hydroxylation is 2. The van der Waals surface area contributed by atoms with Gasteiger partial charge in [-0.05, 0) is 84.7 Å². The van der Waals surface area contributed by atoms with Crippen molar-refractivity contribution >= 4 is 22.1 Å². The fraction of sp³-hybridized carbons (Fsp3) is 0.355. The zero-order valence-electron chi connectivity index (χ0n) is 22.1. The lowest BCUT2D eigenvalue weighted by atomic mass is 9.78. The first kappa shape index (κ1) is 23.6. The molecule has 2 atom stereocenters. The van der Waals surface area contributed by atoms with Gasteiger partial charge in [0.25, 0.3) is 0 Å². The monoisotopic (exact) mass is 490 g/mol. The Morgan fingerprint density at radius 1 is 0.649 bits per heavy atom. The molecule has 2 aliphatic rings. The first-order valence-corrected chi connectivity index (χ1v) is 13.2. The Hall–Kier alpha value is -3.80. The van der Waals surface area contributed by atoms with Gasteiger partial charge in [-0.2, -0.15) is 30.0 Å². The lowest BCUT2D eigenvalue weighted by Crippen LogP contribution is -2.17. The highest BCUT2D eigenvalue weighted by atomic mass is 15.6. The van der Waals surface area contributed by atoms with Crippen molar-refractivity contribution < 1.29 is 0 Å². The molecule has 6 nitrogen and oxygen atoms in total. The second-order valence-corrected chi connectivity index (χ2v) is 11.5. The molecule has 0 fully saturated rings. The summed E-state index contributed by atoms with van der Waals surface area (Å²) in [4.78, 5) is 3.42. The van der Waals surface area contributed by atoms with Crippen LogP contribution in [-0.4, -0.2) is 30.0 Å². The maximum absolute atomic E-state index is 4.80. The minimum atomic E-state index is 0.141. The second-order valence-electron chi connectivity index (χ2n) is 11.5. The summed E-state index contributed by atoms with van der Waals surface area (Å²) in [6.07, 6.45) is 21.8. The van der Waals surface area contributed by atoms with E-state index < -0.39 is 0 Å². The smallest absolute Gasteiger partial charge is 0.160 e. The van der Waals surface area contributed by atoms with E-state index in [1.165, 1.54) is 11.1 Å². The molecule has 2 aliphatic carbocycles.